The molecule has 0 heterocycles. The number of carbonyl (C=O) groups is 1. The molecule has 184 valence electrons. The lowest BCUT2D eigenvalue weighted by Gasteiger charge is -2.69. The monoisotopic (exact) mass is 456 g/mol. The lowest BCUT2D eigenvalue weighted by atomic mass is 9.39. The average Bonchev–Trinajstić information content (AvgIpc) is 3.02. The number of carboxylic acid groups (broad SMARTS) is 1. The van der Waals surface area contributed by atoms with Crippen LogP contribution in [0.4, 0.5) is 0 Å². The number of hydrogen-bond acceptors (Lipinski definition) is 7. The second-order valence-electron chi connectivity index (χ2n) is 11.8. The maximum Gasteiger partial charge on any atom is 0.303 e. The van der Waals surface area contributed by atoms with Crippen molar-refractivity contribution in [3.8, 4) is 0 Å². The molecule has 4 aliphatic rings. The van der Waals surface area contributed by atoms with Crippen LogP contribution in [0.3, 0.4) is 0 Å². The van der Waals surface area contributed by atoms with Gasteiger partial charge in [0.05, 0.1) is 23.9 Å². The molecule has 4 aliphatic carbocycles. The van der Waals surface area contributed by atoms with E-state index in [1.165, 1.54) is 0 Å². The van der Waals surface area contributed by atoms with Crippen molar-refractivity contribution in [3.63, 3.8) is 0 Å². The normalized spacial score (nSPS) is 56.1. The summed E-state index contributed by atoms with van der Waals surface area (Å²) in [5, 5.41) is 76.7. The predicted octanol–water partition coefficient (Wildman–Crippen LogP) is 0.649. The summed E-state index contributed by atoms with van der Waals surface area (Å²) in [6, 6.07) is 0. The fourth-order valence-corrected chi connectivity index (χ4v) is 8.79. The Hall–Kier alpha value is -0.770. The van der Waals surface area contributed by atoms with Gasteiger partial charge in [-0.25, -0.2) is 0 Å². The first-order valence-corrected chi connectivity index (χ1v) is 12.1. The van der Waals surface area contributed by atoms with Gasteiger partial charge in [-0.3, -0.25) is 4.79 Å². The third-order valence-corrected chi connectivity index (χ3v) is 10.8. The van der Waals surface area contributed by atoms with Crippen molar-refractivity contribution in [2.45, 2.75) is 108 Å². The van der Waals surface area contributed by atoms with Gasteiger partial charge in [0.2, 0.25) is 0 Å². The number of fused-ring (bicyclic) bond motifs is 5. The molecule has 0 spiro atoms. The highest BCUT2D eigenvalue weighted by atomic mass is 16.4. The SMILES string of the molecule is CC(CCC(=O)O)C1CCC2(O)C3(O)CCC4C[C@H](O)C(O)C(O)C4(C)C3C[C@H](O)C12C. The van der Waals surface area contributed by atoms with Crippen LogP contribution in [-0.4, -0.2) is 77.3 Å². The lowest BCUT2D eigenvalue weighted by Crippen LogP contribution is -2.78. The molecule has 0 aromatic heterocycles. The Morgan fingerprint density at radius 3 is 2.31 bits per heavy atom. The topological polar surface area (TPSA) is 159 Å². The highest BCUT2D eigenvalue weighted by Crippen LogP contribution is 2.71. The molecule has 7 N–H and O–H groups in total. The molecule has 8 nitrogen and oxygen atoms in total. The Bertz CT molecular complexity index is 756. The van der Waals surface area contributed by atoms with Crippen LogP contribution in [0.15, 0.2) is 0 Å². The quantitative estimate of drug-likeness (QED) is 0.325. The van der Waals surface area contributed by atoms with E-state index in [4.69, 9.17) is 5.11 Å². The van der Waals surface area contributed by atoms with E-state index in [1.807, 2.05) is 20.8 Å². The van der Waals surface area contributed by atoms with Gasteiger partial charge in [0.25, 0.3) is 0 Å². The van der Waals surface area contributed by atoms with E-state index < -0.39 is 58.3 Å². The zero-order valence-electron chi connectivity index (χ0n) is 19.3. The van der Waals surface area contributed by atoms with Gasteiger partial charge in [-0.2, -0.15) is 0 Å². The highest BCUT2D eigenvalue weighted by Gasteiger charge is 2.77. The van der Waals surface area contributed by atoms with E-state index in [-0.39, 0.29) is 37.0 Å². The molecule has 0 aliphatic heterocycles. The standard InChI is InChI=1S/C24H40O8/c1-12(4-5-18(27)28)14-7-9-24(32)22(14,3)17(26)11-16-21(2)13(6-8-23(16,24)31)10-15(25)19(29)20(21)30/h12-17,19-20,25-26,29-32H,4-11H2,1-3H3,(H,27,28)/t12?,13?,14?,15-,16?,17-,19?,20?,21?,22?,23?,24?/m0/s1. The van der Waals surface area contributed by atoms with Crippen LogP contribution in [0, 0.1) is 34.5 Å². The number of aliphatic hydroxyl groups is 6. The third kappa shape index (κ3) is 2.86. The van der Waals surface area contributed by atoms with E-state index in [1.54, 1.807) is 0 Å². The van der Waals surface area contributed by atoms with Crippen molar-refractivity contribution in [1.82, 2.24) is 0 Å². The Kier molecular flexibility index (Phi) is 5.80. The summed E-state index contributed by atoms with van der Waals surface area (Å²) < 4.78 is 0. The van der Waals surface area contributed by atoms with E-state index in [0.29, 0.717) is 32.1 Å². The van der Waals surface area contributed by atoms with Crippen molar-refractivity contribution >= 4 is 5.97 Å². The van der Waals surface area contributed by atoms with Gasteiger partial charge in [-0.15, -0.1) is 0 Å². The Morgan fingerprint density at radius 2 is 1.69 bits per heavy atom. The summed E-state index contributed by atoms with van der Waals surface area (Å²) in [6.07, 6.45) is -2.03. The van der Waals surface area contributed by atoms with Crippen LogP contribution >= 0.6 is 0 Å². The molecule has 0 aromatic carbocycles. The van der Waals surface area contributed by atoms with Gasteiger partial charge in [0, 0.05) is 23.2 Å². The first-order chi connectivity index (χ1) is 14.7. The van der Waals surface area contributed by atoms with Gasteiger partial charge in [0.15, 0.2) is 0 Å². The summed E-state index contributed by atoms with van der Waals surface area (Å²) in [6.45, 7) is 5.59. The van der Waals surface area contributed by atoms with Crippen molar-refractivity contribution in [2.24, 2.45) is 34.5 Å². The summed E-state index contributed by atoms with van der Waals surface area (Å²) in [4.78, 5) is 11.1. The molecule has 0 amide bonds. The van der Waals surface area contributed by atoms with Crippen LogP contribution in [0.1, 0.15) is 72.1 Å². The first kappa shape index (κ1) is 24.4. The van der Waals surface area contributed by atoms with Crippen molar-refractivity contribution < 1.29 is 40.5 Å². The Balaban J connectivity index is 1.72. The fourth-order valence-electron chi connectivity index (χ4n) is 8.79. The van der Waals surface area contributed by atoms with Gasteiger partial charge in [-0.05, 0) is 62.7 Å². The van der Waals surface area contributed by atoms with E-state index in [0.717, 1.165) is 0 Å². The third-order valence-electron chi connectivity index (χ3n) is 10.8. The van der Waals surface area contributed by atoms with E-state index in [2.05, 4.69) is 0 Å². The maximum atomic E-state index is 12.2. The van der Waals surface area contributed by atoms with Gasteiger partial charge < -0.3 is 35.7 Å². The Labute approximate surface area is 189 Å². The molecular formula is C24H40O8. The zero-order valence-corrected chi connectivity index (χ0v) is 19.3. The first-order valence-electron chi connectivity index (χ1n) is 12.1. The van der Waals surface area contributed by atoms with Crippen LogP contribution in [0.5, 0.6) is 0 Å². The molecule has 32 heavy (non-hydrogen) atoms. The summed E-state index contributed by atoms with van der Waals surface area (Å²) in [7, 11) is 0. The van der Waals surface area contributed by atoms with E-state index >= 15 is 0 Å². The second kappa shape index (κ2) is 7.62. The molecular weight excluding hydrogens is 416 g/mol. The number of hydrogen-bond donors (Lipinski definition) is 7. The largest absolute Gasteiger partial charge is 0.481 e. The number of rotatable bonds is 4. The minimum Gasteiger partial charge on any atom is -0.481 e. The fraction of sp³-hybridized carbons (Fsp3) is 0.958. The predicted molar refractivity (Wildman–Crippen MR) is 114 cm³/mol. The Morgan fingerprint density at radius 1 is 1.03 bits per heavy atom. The second-order valence-corrected chi connectivity index (χ2v) is 11.8. The molecule has 0 bridgehead atoms. The van der Waals surface area contributed by atoms with Crippen LogP contribution < -0.4 is 0 Å². The number of aliphatic carboxylic acids is 1. The maximum absolute atomic E-state index is 12.2. The van der Waals surface area contributed by atoms with E-state index in [9.17, 15) is 35.4 Å². The number of carboxylic acids is 1. The van der Waals surface area contributed by atoms with Gasteiger partial charge in [-0.1, -0.05) is 20.8 Å². The molecule has 0 saturated heterocycles. The summed E-state index contributed by atoms with van der Waals surface area (Å²) >= 11 is 0. The smallest absolute Gasteiger partial charge is 0.303 e. The highest BCUT2D eigenvalue weighted by molar-refractivity contribution is 5.66. The minimum atomic E-state index is -1.60. The molecule has 8 heteroatoms. The zero-order chi connectivity index (χ0) is 23.9. The minimum absolute atomic E-state index is 0.0152. The number of aliphatic hydroxyl groups excluding tert-OH is 4. The van der Waals surface area contributed by atoms with Crippen molar-refractivity contribution in [3.05, 3.63) is 0 Å². The molecule has 0 aromatic rings. The average molecular weight is 457 g/mol. The molecule has 0 radical (unpaired) electrons. The van der Waals surface area contributed by atoms with Crippen LogP contribution in [-0.2, 0) is 4.79 Å². The van der Waals surface area contributed by atoms with Crippen LogP contribution in [0.25, 0.3) is 0 Å². The molecule has 4 saturated carbocycles. The summed E-state index contributed by atoms with van der Waals surface area (Å²) in [5.41, 5.74) is -5.14. The summed E-state index contributed by atoms with van der Waals surface area (Å²) in [5.74, 6) is -1.87. The van der Waals surface area contributed by atoms with Crippen molar-refractivity contribution in [1.29, 1.82) is 0 Å². The molecule has 4 fully saturated rings. The van der Waals surface area contributed by atoms with Gasteiger partial charge in [0.1, 0.15) is 11.7 Å². The molecule has 4 rings (SSSR count). The molecule has 10 unspecified atom stereocenters. The molecule has 12 atom stereocenters. The van der Waals surface area contributed by atoms with Crippen molar-refractivity contribution in [2.75, 3.05) is 0 Å². The lowest BCUT2D eigenvalue weighted by molar-refractivity contribution is -0.338. The van der Waals surface area contributed by atoms with Gasteiger partial charge >= 0.3 is 5.97 Å². The van der Waals surface area contributed by atoms with Crippen LogP contribution in [0.2, 0.25) is 0 Å².